The normalized spacial score (nSPS) is 10.4. The maximum Gasteiger partial charge on any atom is 0.264 e. The number of rotatable bonds is 5. The Morgan fingerprint density at radius 2 is 2.11 bits per heavy atom. The zero-order chi connectivity index (χ0) is 13.7. The highest BCUT2D eigenvalue weighted by Crippen LogP contribution is 2.10. The van der Waals surface area contributed by atoms with Gasteiger partial charge in [-0.3, -0.25) is 4.79 Å². The fourth-order valence-electron chi connectivity index (χ4n) is 1.66. The number of aromatic nitrogens is 2. The van der Waals surface area contributed by atoms with E-state index in [0.717, 1.165) is 22.8 Å². The Morgan fingerprint density at radius 1 is 1.37 bits per heavy atom. The summed E-state index contributed by atoms with van der Waals surface area (Å²) in [6, 6.07) is 6.26. The molecule has 4 nitrogen and oxygen atoms in total. The van der Waals surface area contributed by atoms with Crippen molar-refractivity contribution in [3.63, 3.8) is 0 Å². The predicted molar refractivity (Wildman–Crippen MR) is 71.7 cm³/mol. The Bertz CT molecular complexity index is 553. The molecule has 0 fully saturated rings. The molecule has 1 N–H and O–H groups in total. The van der Waals surface area contributed by atoms with Gasteiger partial charge in [0.1, 0.15) is 10.7 Å². The van der Waals surface area contributed by atoms with Crippen molar-refractivity contribution in [2.45, 2.75) is 19.8 Å². The third-order valence-corrected chi connectivity index (χ3v) is 3.48. The van der Waals surface area contributed by atoms with Crippen LogP contribution in [0.15, 0.2) is 24.3 Å². The summed E-state index contributed by atoms with van der Waals surface area (Å²) in [6.45, 7) is 2.44. The second-order valence-electron chi connectivity index (χ2n) is 4.03. The summed E-state index contributed by atoms with van der Waals surface area (Å²) in [4.78, 5) is 12.5. The van der Waals surface area contributed by atoms with E-state index >= 15 is 0 Å². The Balaban J connectivity index is 1.86. The Hall–Kier alpha value is -1.82. The molecule has 0 saturated carbocycles. The van der Waals surface area contributed by atoms with Crippen molar-refractivity contribution in [1.29, 1.82) is 0 Å². The molecule has 1 amide bonds. The first kappa shape index (κ1) is 13.6. The first-order chi connectivity index (χ1) is 9.20. The van der Waals surface area contributed by atoms with E-state index < -0.39 is 0 Å². The first-order valence-corrected chi connectivity index (χ1v) is 6.82. The highest BCUT2D eigenvalue weighted by atomic mass is 32.1. The number of hydrogen-bond acceptors (Lipinski definition) is 4. The third-order valence-electron chi connectivity index (χ3n) is 2.71. The van der Waals surface area contributed by atoms with Gasteiger partial charge in [-0.2, -0.15) is 0 Å². The van der Waals surface area contributed by atoms with Crippen LogP contribution in [0.1, 0.15) is 27.9 Å². The van der Waals surface area contributed by atoms with E-state index in [1.165, 1.54) is 12.1 Å². The summed E-state index contributed by atoms with van der Waals surface area (Å²) < 4.78 is 16.5. The molecule has 0 spiro atoms. The minimum absolute atomic E-state index is 0.144. The van der Waals surface area contributed by atoms with E-state index in [2.05, 4.69) is 14.9 Å². The van der Waals surface area contributed by atoms with Gasteiger partial charge in [0, 0.05) is 6.54 Å². The molecule has 0 bridgehead atoms. The van der Waals surface area contributed by atoms with Crippen molar-refractivity contribution >= 4 is 17.4 Å². The second kappa shape index (κ2) is 6.38. The van der Waals surface area contributed by atoms with Crippen molar-refractivity contribution in [3.8, 4) is 0 Å². The van der Waals surface area contributed by atoms with Crippen LogP contribution in [0.4, 0.5) is 4.39 Å². The summed E-state index contributed by atoms with van der Waals surface area (Å²) in [6.07, 6.45) is 1.36. The van der Waals surface area contributed by atoms with Gasteiger partial charge >= 0.3 is 0 Å². The molecule has 100 valence electrons. The standard InChI is InChI=1S/C13H14FN3OS/c1-2-11-12(19-17-16-11)13(18)15-8-7-9-3-5-10(14)6-4-9/h3-6H,2,7-8H2,1H3,(H,15,18). The number of carbonyl (C=O) groups excluding carboxylic acids is 1. The average Bonchev–Trinajstić information content (AvgIpc) is 2.89. The lowest BCUT2D eigenvalue weighted by molar-refractivity contribution is 0.0957. The monoisotopic (exact) mass is 279 g/mol. The van der Waals surface area contributed by atoms with Crippen molar-refractivity contribution in [2.24, 2.45) is 0 Å². The van der Waals surface area contributed by atoms with Crippen LogP contribution in [-0.2, 0) is 12.8 Å². The van der Waals surface area contributed by atoms with Gasteiger partial charge in [0.05, 0.1) is 5.69 Å². The number of amides is 1. The SMILES string of the molecule is CCc1nnsc1C(=O)NCCc1ccc(F)cc1. The number of carbonyl (C=O) groups is 1. The molecule has 0 radical (unpaired) electrons. The molecule has 6 heteroatoms. The molecule has 1 aromatic heterocycles. The smallest absolute Gasteiger partial charge is 0.264 e. The summed E-state index contributed by atoms with van der Waals surface area (Å²) in [7, 11) is 0. The van der Waals surface area contributed by atoms with Gasteiger partial charge in [0.2, 0.25) is 0 Å². The van der Waals surface area contributed by atoms with E-state index in [0.29, 0.717) is 24.3 Å². The zero-order valence-corrected chi connectivity index (χ0v) is 11.3. The molecule has 2 rings (SSSR count). The molecule has 2 aromatic rings. The van der Waals surface area contributed by atoms with Crippen LogP contribution in [0.5, 0.6) is 0 Å². The molecule has 0 aliphatic carbocycles. The topological polar surface area (TPSA) is 54.9 Å². The highest BCUT2D eigenvalue weighted by Gasteiger charge is 2.14. The fraction of sp³-hybridized carbons (Fsp3) is 0.308. The summed E-state index contributed by atoms with van der Waals surface area (Å²) in [5.41, 5.74) is 1.71. The van der Waals surface area contributed by atoms with E-state index in [4.69, 9.17) is 0 Å². The van der Waals surface area contributed by atoms with Crippen LogP contribution in [0.3, 0.4) is 0 Å². The lowest BCUT2D eigenvalue weighted by Crippen LogP contribution is -2.25. The molecule has 1 aromatic carbocycles. The molecule has 1 heterocycles. The van der Waals surface area contributed by atoms with Gasteiger partial charge in [-0.15, -0.1) is 5.10 Å². The van der Waals surface area contributed by atoms with E-state index in [-0.39, 0.29) is 11.7 Å². The average molecular weight is 279 g/mol. The molecule has 0 aliphatic rings. The highest BCUT2D eigenvalue weighted by molar-refractivity contribution is 7.08. The van der Waals surface area contributed by atoms with Crippen LogP contribution in [0.2, 0.25) is 0 Å². The van der Waals surface area contributed by atoms with Crippen molar-refractivity contribution in [3.05, 3.63) is 46.2 Å². The number of nitrogens with zero attached hydrogens (tertiary/aromatic N) is 2. The lowest BCUT2D eigenvalue weighted by atomic mass is 10.1. The van der Waals surface area contributed by atoms with E-state index in [1.54, 1.807) is 12.1 Å². The minimum atomic E-state index is -0.254. The number of benzene rings is 1. The zero-order valence-electron chi connectivity index (χ0n) is 10.5. The van der Waals surface area contributed by atoms with Gasteiger partial charge in [-0.05, 0) is 42.1 Å². The lowest BCUT2D eigenvalue weighted by Gasteiger charge is -2.04. The van der Waals surface area contributed by atoms with Crippen molar-refractivity contribution < 1.29 is 9.18 Å². The molecule has 0 atom stereocenters. The molecule has 19 heavy (non-hydrogen) atoms. The molecule has 0 saturated heterocycles. The Kier molecular flexibility index (Phi) is 4.57. The summed E-state index contributed by atoms with van der Waals surface area (Å²) in [5, 5.41) is 6.72. The van der Waals surface area contributed by atoms with Crippen LogP contribution >= 0.6 is 11.5 Å². The molecule has 0 unspecified atom stereocenters. The largest absolute Gasteiger partial charge is 0.351 e. The fourth-order valence-corrected chi connectivity index (χ4v) is 2.33. The quantitative estimate of drug-likeness (QED) is 0.913. The van der Waals surface area contributed by atoms with Gasteiger partial charge in [0.15, 0.2) is 0 Å². The van der Waals surface area contributed by atoms with Crippen LogP contribution in [0, 0.1) is 5.82 Å². The van der Waals surface area contributed by atoms with Gasteiger partial charge in [-0.25, -0.2) is 4.39 Å². The predicted octanol–water partition coefficient (Wildman–Crippen LogP) is 2.21. The number of halogens is 1. The van der Waals surface area contributed by atoms with Gasteiger partial charge in [0.25, 0.3) is 5.91 Å². The van der Waals surface area contributed by atoms with Gasteiger partial charge in [-0.1, -0.05) is 23.5 Å². The number of nitrogens with one attached hydrogen (secondary N) is 1. The minimum Gasteiger partial charge on any atom is -0.351 e. The molecular weight excluding hydrogens is 265 g/mol. The van der Waals surface area contributed by atoms with Crippen LogP contribution in [0.25, 0.3) is 0 Å². The second-order valence-corrected chi connectivity index (χ2v) is 4.79. The van der Waals surface area contributed by atoms with Crippen molar-refractivity contribution in [1.82, 2.24) is 14.9 Å². The van der Waals surface area contributed by atoms with Crippen LogP contribution in [-0.4, -0.2) is 22.0 Å². The first-order valence-electron chi connectivity index (χ1n) is 6.04. The van der Waals surface area contributed by atoms with E-state index in [1.807, 2.05) is 6.92 Å². The van der Waals surface area contributed by atoms with Gasteiger partial charge < -0.3 is 5.32 Å². The number of aryl methyl sites for hydroxylation is 1. The molecule has 0 aliphatic heterocycles. The summed E-state index contributed by atoms with van der Waals surface area (Å²) in [5.74, 6) is -0.398. The van der Waals surface area contributed by atoms with Crippen LogP contribution < -0.4 is 5.32 Å². The Morgan fingerprint density at radius 3 is 2.79 bits per heavy atom. The Labute approximate surface area is 114 Å². The van der Waals surface area contributed by atoms with Crippen molar-refractivity contribution in [2.75, 3.05) is 6.54 Å². The maximum absolute atomic E-state index is 12.7. The molecular formula is C13H14FN3OS. The summed E-state index contributed by atoms with van der Waals surface area (Å²) >= 11 is 1.11. The third kappa shape index (κ3) is 3.57. The van der Waals surface area contributed by atoms with E-state index in [9.17, 15) is 9.18 Å². The number of hydrogen-bond donors (Lipinski definition) is 1. The maximum atomic E-state index is 12.7.